The summed E-state index contributed by atoms with van der Waals surface area (Å²) in [5.41, 5.74) is 3.69. The van der Waals surface area contributed by atoms with Gasteiger partial charge in [-0.25, -0.2) is 0 Å². The van der Waals surface area contributed by atoms with Crippen LogP contribution in [0.15, 0.2) is 18.2 Å². The molecule has 1 aliphatic rings. The van der Waals surface area contributed by atoms with Gasteiger partial charge in [0.15, 0.2) is 0 Å². The summed E-state index contributed by atoms with van der Waals surface area (Å²) in [6, 6.07) is 6.34. The van der Waals surface area contributed by atoms with Crippen LogP contribution in [0.25, 0.3) is 0 Å². The van der Waals surface area contributed by atoms with Crippen LogP contribution in [0, 0.1) is 13.8 Å². The van der Waals surface area contributed by atoms with E-state index in [2.05, 4.69) is 50.5 Å². The van der Waals surface area contributed by atoms with E-state index in [1.807, 2.05) is 11.8 Å². The van der Waals surface area contributed by atoms with Gasteiger partial charge in [-0.1, -0.05) is 30.7 Å². The Kier molecular flexibility index (Phi) is 4.76. The lowest BCUT2D eigenvalue weighted by Gasteiger charge is -2.28. The largest absolute Gasteiger partial charge is 0.320 e. The molecule has 1 aromatic carbocycles. The van der Waals surface area contributed by atoms with E-state index in [-0.39, 0.29) is 18.1 Å². The van der Waals surface area contributed by atoms with Crippen LogP contribution in [-0.2, 0) is 4.79 Å². The van der Waals surface area contributed by atoms with E-state index in [9.17, 15) is 4.79 Å². The molecule has 3 nitrogen and oxygen atoms in total. The number of hydrogen-bond acceptors (Lipinski definition) is 3. The van der Waals surface area contributed by atoms with Crippen molar-refractivity contribution in [1.29, 1.82) is 0 Å². The zero-order valence-corrected chi connectivity index (χ0v) is 13.8. The molecule has 4 heteroatoms. The summed E-state index contributed by atoms with van der Waals surface area (Å²) in [6.45, 7) is 9.11. The second-order valence-electron chi connectivity index (χ2n) is 5.69. The van der Waals surface area contributed by atoms with Crippen molar-refractivity contribution in [2.24, 2.45) is 0 Å². The van der Waals surface area contributed by atoms with Gasteiger partial charge in [-0.2, -0.15) is 11.8 Å². The van der Waals surface area contributed by atoms with Crippen LogP contribution < -0.4 is 5.32 Å². The first-order chi connectivity index (χ1) is 9.43. The van der Waals surface area contributed by atoms with Crippen LogP contribution in [-0.4, -0.2) is 34.9 Å². The van der Waals surface area contributed by atoms with E-state index in [4.69, 9.17) is 0 Å². The standard InChI is InChI=1S/C16H24N2OS/c1-10-6-7-11(2)14(8-10)15-17-13(4)16(19)18(15)9-12(3)20-5/h6-8,12-13,15,17H,9H2,1-5H3. The molecule has 0 aromatic heterocycles. The molecule has 0 radical (unpaired) electrons. The molecule has 1 amide bonds. The zero-order valence-electron chi connectivity index (χ0n) is 12.9. The van der Waals surface area contributed by atoms with Gasteiger partial charge in [0.2, 0.25) is 5.91 Å². The summed E-state index contributed by atoms with van der Waals surface area (Å²) in [4.78, 5) is 14.4. The topological polar surface area (TPSA) is 32.3 Å². The van der Waals surface area contributed by atoms with Gasteiger partial charge in [-0.05, 0) is 38.2 Å². The number of aryl methyl sites for hydroxylation is 2. The van der Waals surface area contributed by atoms with Gasteiger partial charge >= 0.3 is 0 Å². The Hall–Kier alpha value is -1.00. The van der Waals surface area contributed by atoms with Crippen LogP contribution in [0.5, 0.6) is 0 Å². The second-order valence-corrected chi connectivity index (χ2v) is 6.96. The quantitative estimate of drug-likeness (QED) is 0.926. The molecule has 0 bridgehead atoms. The minimum atomic E-state index is -0.103. The van der Waals surface area contributed by atoms with Gasteiger partial charge in [0.25, 0.3) is 0 Å². The molecule has 0 aliphatic carbocycles. The normalized spacial score (nSPS) is 24.2. The molecule has 0 saturated carbocycles. The van der Waals surface area contributed by atoms with Crippen LogP contribution in [0.1, 0.15) is 36.7 Å². The van der Waals surface area contributed by atoms with E-state index in [0.717, 1.165) is 6.54 Å². The van der Waals surface area contributed by atoms with Crippen LogP contribution in [0.3, 0.4) is 0 Å². The molecule has 1 aliphatic heterocycles. The fourth-order valence-electron chi connectivity index (χ4n) is 2.63. The average Bonchev–Trinajstić information content (AvgIpc) is 2.69. The maximum Gasteiger partial charge on any atom is 0.241 e. The van der Waals surface area contributed by atoms with Crippen molar-refractivity contribution in [3.05, 3.63) is 34.9 Å². The van der Waals surface area contributed by atoms with Crippen LogP contribution in [0.4, 0.5) is 0 Å². The first-order valence-electron chi connectivity index (χ1n) is 7.10. The lowest BCUT2D eigenvalue weighted by Crippen LogP contribution is -2.35. The predicted molar refractivity (Wildman–Crippen MR) is 85.9 cm³/mol. The van der Waals surface area contributed by atoms with Crippen molar-refractivity contribution in [2.75, 3.05) is 12.8 Å². The molecule has 1 N–H and O–H groups in total. The molecular formula is C16H24N2OS. The molecule has 110 valence electrons. The number of benzene rings is 1. The van der Waals surface area contributed by atoms with E-state index < -0.39 is 0 Å². The molecule has 1 heterocycles. The molecule has 3 atom stereocenters. The molecule has 20 heavy (non-hydrogen) atoms. The third kappa shape index (κ3) is 3.01. The Morgan fingerprint density at radius 2 is 2.10 bits per heavy atom. The van der Waals surface area contributed by atoms with Crippen molar-refractivity contribution in [3.63, 3.8) is 0 Å². The molecule has 3 unspecified atom stereocenters. The maximum absolute atomic E-state index is 12.4. The Morgan fingerprint density at radius 3 is 2.75 bits per heavy atom. The van der Waals surface area contributed by atoms with Gasteiger partial charge in [-0.3, -0.25) is 10.1 Å². The lowest BCUT2D eigenvalue weighted by atomic mass is 10.0. The number of nitrogens with zero attached hydrogens (tertiary/aromatic N) is 1. The van der Waals surface area contributed by atoms with Crippen molar-refractivity contribution < 1.29 is 4.79 Å². The minimum Gasteiger partial charge on any atom is -0.320 e. The van der Waals surface area contributed by atoms with E-state index in [0.29, 0.717) is 5.25 Å². The number of amides is 1. The number of hydrogen-bond donors (Lipinski definition) is 1. The Labute approximate surface area is 126 Å². The van der Waals surface area contributed by atoms with Gasteiger partial charge in [-0.15, -0.1) is 0 Å². The fourth-order valence-corrected chi connectivity index (χ4v) is 2.94. The van der Waals surface area contributed by atoms with Gasteiger partial charge in [0, 0.05) is 11.8 Å². The van der Waals surface area contributed by atoms with E-state index >= 15 is 0 Å². The molecule has 2 rings (SSSR count). The highest BCUT2D eigenvalue weighted by atomic mass is 32.2. The lowest BCUT2D eigenvalue weighted by molar-refractivity contribution is -0.129. The minimum absolute atomic E-state index is 0.00648. The summed E-state index contributed by atoms with van der Waals surface area (Å²) in [5.74, 6) is 0.205. The molecular weight excluding hydrogens is 268 g/mol. The molecule has 0 spiro atoms. The summed E-state index contributed by atoms with van der Waals surface area (Å²) in [6.07, 6.45) is 2.10. The monoisotopic (exact) mass is 292 g/mol. The Morgan fingerprint density at radius 1 is 1.40 bits per heavy atom. The SMILES string of the molecule is CSC(C)CN1C(=O)C(C)NC1c1cc(C)ccc1C. The Bertz CT molecular complexity index is 503. The molecule has 1 saturated heterocycles. The van der Waals surface area contributed by atoms with E-state index in [1.54, 1.807) is 11.8 Å². The smallest absolute Gasteiger partial charge is 0.241 e. The summed E-state index contributed by atoms with van der Waals surface area (Å²) < 4.78 is 0. The summed E-state index contributed by atoms with van der Waals surface area (Å²) >= 11 is 1.80. The summed E-state index contributed by atoms with van der Waals surface area (Å²) in [7, 11) is 0. The van der Waals surface area contributed by atoms with E-state index in [1.165, 1.54) is 16.7 Å². The van der Waals surface area contributed by atoms with Gasteiger partial charge in [0.1, 0.15) is 6.17 Å². The third-order valence-corrected chi connectivity index (χ3v) is 4.91. The van der Waals surface area contributed by atoms with Crippen molar-refractivity contribution in [2.45, 2.75) is 45.2 Å². The number of rotatable bonds is 4. The highest BCUT2D eigenvalue weighted by Crippen LogP contribution is 2.29. The third-order valence-electron chi connectivity index (χ3n) is 3.96. The van der Waals surface area contributed by atoms with Crippen LogP contribution >= 0.6 is 11.8 Å². The number of carbonyl (C=O) groups is 1. The van der Waals surface area contributed by atoms with Crippen molar-refractivity contribution in [3.8, 4) is 0 Å². The summed E-state index contributed by atoms with van der Waals surface area (Å²) in [5, 5.41) is 3.88. The Balaban J connectivity index is 2.32. The second kappa shape index (κ2) is 6.19. The number of carbonyl (C=O) groups excluding carboxylic acids is 1. The molecule has 1 fully saturated rings. The first-order valence-corrected chi connectivity index (χ1v) is 8.39. The number of thioether (sulfide) groups is 1. The fraction of sp³-hybridized carbons (Fsp3) is 0.562. The maximum atomic E-state index is 12.4. The van der Waals surface area contributed by atoms with Crippen molar-refractivity contribution in [1.82, 2.24) is 10.2 Å². The first kappa shape index (κ1) is 15.4. The van der Waals surface area contributed by atoms with Gasteiger partial charge < -0.3 is 4.90 Å². The number of nitrogens with one attached hydrogen (secondary N) is 1. The molecule has 1 aromatic rings. The van der Waals surface area contributed by atoms with Crippen molar-refractivity contribution >= 4 is 17.7 Å². The average molecular weight is 292 g/mol. The van der Waals surface area contributed by atoms with Crippen LogP contribution in [0.2, 0.25) is 0 Å². The van der Waals surface area contributed by atoms with Gasteiger partial charge in [0.05, 0.1) is 6.04 Å². The highest BCUT2D eigenvalue weighted by Gasteiger charge is 2.38. The highest BCUT2D eigenvalue weighted by molar-refractivity contribution is 7.99. The zero-order chi connectivity index (χ0) is 14.9. The predicted octanol–water partition coefficient (Wildman–Crippen LogP) is 2.87.